The second kappa shape index (κ2) is 9.47. The Kier molecular flexibility index (Phi) is 6.20. The van der Waals surface area contributed by atoms with Gasteiger partial charge in [0.05, 0.1) is 11.4 Å². The Labute approximate surface area is 235 Å². The molecule has 0 bridgehead atoms. The molecule has 1 N–H and O–H groups in total. The molecule has 6 rings (SSSR count). The van der Waals surface area contributed by atoms with Crippen LogP contribution in [0.3, 0.4) is 0 Å². The highest BCUT2D eigenvalue weighted by Gasteiger charge is 2.32. The molecule has 2 fully saturated rings. The molecular formula is C28H25FIN5O4. The van der Waals surface area contributed by atoms with Crippen molar-refractivity contribution in [3.05, 3.63) is 94.2 Å². The summed E-state index contributed by atoms with van der Waals surface area (Å²) >= 11 is 1.98. The third kappa shape index (κ3) is 4.19. The molecule has 1 amide bonds. The van der Waals surface area contributed by atoms with Gasteiger partial charge in [0.25, 0.3) is 17.0 Å². The summed E-state index contributed by atoms with van der Waals surface area (Å²) < 4.78 is 19.4. The molecule has 0 atom stereocenters. The number of aryl methyl sites for hydroxylation is 1. The van der Waals surface area contributed by atoms with E-state index < -0.39 is 22.6 Å². The zero-order chi connectivity index (χ0) is 27.6. The fraction of sp³-hybridized carbons (Fsp3) is 0.286. The molecule has 1 saturated heterocycles. The molecule has 0 unspecified atom stereocenters. The van der Waals surface area contributed by atoms with Gasteiger partial charge in [0.1, 0.15) is 16.9 Å². The molecule has 2 aliphatic rings. The van der Waals surface area contributed by atoms with Crippen molar-refractivity contribution in [2.45, 2.75) is 32.2 Å². The average Bonchev–Trinajstić information content (AvgIpc) is 3.70. The molecule has 11 heteroatoms. The SMILES string of the molecule is Cc1c(Nc2cccc(C(=O)N3CCC3)c2)c2c(=O)n(C3CC3)c(=O)n(-c3ccc(I)cc3F)c2n(C)c1=O. The summed E-state index contributed by atoms with van der Waals surface area (Å²) in [5.41, 5.74) is -0.262. The second-order valence-corrected chi connectivity index (χ2v) is 11.3. The smallest absolute Gasteiger partial charge is 0.337 e. The van der Waals surface area contributed by atoms with Crippen LogP contribution in [-0.4, -0.2) is 37.6 Å². The largest absolute Gasteiger partial charge is 0.354 e. The minimum Gasteiger partial charge on any atom is -0.354 e. The van der Waals surface area contributed by atoms with Crippen LogP contribution in [0.4, 0.5) is 15.8 Å². The van der Waals surface area contributed by atoms with E-state index in [2.05, 4.69) is 5.32 Å². The number of benzene rings is 2. The monoisotopic (exact) mass is 641 g/mol. The van der Waals surface area contributed by atoms with Gasteiger partial charge in [-0.25, -0.2) is 13.8 Å². The lowest BCUT2D eigenvalue weighted by Crippen LogP contribution is -2.42. The van der Waals surface area contributed by atoms with Gasteiger partial charge >= 0.3 is 5.69 Å². The van der Waals surface area contributed by atoms with E-state index in [4.69, 9.17) is 0 Å². The van der Waals surface area contributed by atoms with Crippen LogP contribution in [0, 0.1) is 16.3 Å². The third-order valence-corrected chi connectivity index (χ3v) is 8.09. The third-order valence-electron chi connectivity index (χ3n) is 7.42. The molecular weight excluding hydrogens is 616 g/mol. The van der Waals surface area contributed by atoms with Crippen LogP contribution < -0.4 is 22.1 Å². The van der Waals surface area contributed by atoms with Gasteiger partial charge in [-0.15, -0.1) is 0 Å². The predicted octanol–water partition coefficient (Wildman–Crippen LogP) is 3.83. The molecule has 3 heterocycles. The number of pyridine rings is 1. The zero-order valence-electron chi connectivity index (χ0n) is 21.3. The number of hydrogen-bond acceptors (Lipinski definition) is 5. The minimum absolute atomic E-state index is 0.00656. The zero-order valence-corrected chi connectivity index (χ0v) is 23.5. The molecule has 2 aromatic carbocycles. The molecule has 0 radical (unpaired) electrons. The lowest BCUT2D eigenvalue weighted by Gasteiger charge is -2.31. The number of carbonyl (C=O) groups excluding carboxylic acids is 1. The number of amides is 1. The van der Waals surface area contributed by atoms with Crippen LogP contribution in [0.1, 0.15) is 41.2 Å². The molecule has 200 valence electrons. The van der Waals surface area contributed by atoms with E-state index in [0.717, 1.165) is 11.0 Å². The van der Waals surface area contributed by atoms with Crippen molar-refractivity contribution in [2.24, 2.45) is 7.05 Å². The van der Waals surface area contributed by atoms with Crippen LogP contribution >= 0.6 is 22.6 Å². The van der Waals surface area contributed by atoms with Crippen molar-refractivity contribution < 1.29 is 9.18 Å². The maximum atomic E-state index is 15.3. The van der Waals surface area contributed by atoms with Gasteiger partial charge < -0.3 is 10.2 Å². The Balaban J connectivity index is 1.64. The molecule has 0 spiro atoms. The number of anilines is 2. The highest BCUT2D eigenvalue weighted by atomic mass is 127. The summed E-state index contributed by atoms with van der Waals surface area (Å²) in [7, 11) is 1.47. The van der Waals surface area contributed by atoms with Crippen LogP contribution in [0.5, 0.6) is 0 Å². The Morgan fingerprint density at radius 1 is 1.05 bits per heavy atom. The molecule has 1 saturated carbocycles. The maximum Gasteiger partial charge on any atom is 0.337 e. The van der Waals surface area contributed by atoms with Gasteiger partial charge in [0.2, 0.25) is 0 Å². The lowest BCUT2D eigenvalue weighted by atomic mass is 10.1. The summed E-state index contributed by atoms with van der Waals surface area (Å²) in [4.78, 5) is 55.6. The Bertz CT molecular complexity index is 1870. The first-order valence-electron chi connectivity index (χ1n) is 12.7. The maximum absolute atomic E-state index is 15.3. The topological polar surface area (TPSA) is 98.3 Å². The number of likely N-dealkylation sites (tertiary alicyclic amines) is 1. The van der Waals surface area contributed by atoms with E-state index in [9.17, 15) is 19.2 Å². The normalized spacial score (nSPS) is 14.9. The highest BCUT2D eigenvalue weighted by molar-refractivity contribution is 14.1. The fourth-order valence-corrected chi connectivity index (χ4v) is 5.51. The summed E-state index contributed by atoms with van der Waals surface area (Å²) in [6.07, 6.45) is 2.28. The van der Waals surface area contributed by atoms with Crippen molar-refractivity contribution >= 4 is 50.9 Å². The van der Waals surface area contributed by atoms with Gasteiger partial charge in [-0.05, 0) is 85.2 Å². The minimum atomic E-state index is -0.693. The van der Waals surface area contributed by atoms with Crippen LogP contribution in [0.25, 0.3) is 16.7 Å². The molecule has 1 aliphatic heterocycles. The first-order valence-corrected chi connectivity index (χ1v) is 13.8. The van der Waals surface area contributed by atoms with Crippen molar-refractivity contribution in [3.63, 3.8) is 0 Å². The number of aromatic nitrogens is 3. The molecule has 9 nitrogen and oxygen atoms in total. The first-order chi connectivity index (χ1) is 18.7. The van der Waals surface area contributed by atoms with Gasteiger partial charge in [-0.1, -0.05) is 6.07 Å². The van der Waals surface area contributed by atoms with Crippen molar-refractivity contribution in [2.75, 3.05) is 18.4 Å². The van der Waals surface area contributed by atoms with E-state index in [1.807, 2.05) is 22.6 Å². The number of nitrogens with one attached hydrogen (secondary N) is 1. The number of carbonyl (C=O) groups is 1. The number of halogens is 2. The number of hydrogen-bond donors (Lipinski definition) is 1. The van der Waals surface area contributed by atoms with Crippen molar-refractivity contribution in [3.8, 4) is 5.69 Å². The predicted molar refractivity (Wildman–Crippen MR) is 155 cm³/mol. The quantitative estimate of drug-likeness (QED) is 0.335. The molecule has 1 aliphatic carbocycles. The Hall–Kier alpha value is -3.74. The molecule has 4 aromatic rings. The Morgan fingerprint density at radius 2 is 1.79 bits per heavy atom. The number of rotatable bonds is 5. The van der Waals surface area contributed by atoms with E-state index in [-0.39, 0.29) is 39.9 Å². The standard InChI is InChI=1S/C28H25FIN5O4/c1-15-23(31-18-6-3-5-16(13-18)26(37)33-11-4-12-33)22-24(32(2)25(15)36)35(21-10-7-17(30)14-20(21)29)28(39)34(27(22)38)19-8-9-19/h3,5-7,10,13-14,19,31H,4,8-9,11-12H2,1-2H3. The fourth-order valence-electron chi connectivity index (χ4n) is 5.06. The van der Waals surface area contributed by atoms with Gasteiger partial charge in [0, 0.05) is 46.6 Å². The van der Waals surface area contributed by atoms with Crippen LogP contribution in [0.2, 0.25) is 0 Å². The van der Waals surface area contributed by atoms with Crippen LogP contribution in [-0.2, 0) is 7.05 Å². The van der Waals surface area contributed by atoms with E-state index >= 15 is 4.39 Å². The summed E-state index contributed by atoms with van der Waals surface area (Å²) in [5, 5.41) is 3.29. The lowest BCUT2D eigenvalue weighted by molar-refractivity contribution is 0.0652. The van der Waals surface area contributed by atoms with Crippen molar-refractivity contribution in [1.29, 1.82) is 0 Å². The van der Waals surface area contributed by atoms with E-state index in [1.54, 1.807) is 42.2 Å². The average molecular weight is 641 g/mol. The first kappa shape index (κ1) is 25.5. The van der Waals surface area contributed by atoms with Crippen molar-refractivity contribution in [1.82, 2.24) is 18.6 Å². The molecule has 2 aromatic heterocycles. The van der Waals surface area contributed by atoms with Gasteiger partial charge in [0.15, 0.2) is 0 Å². The van der Waals surface area contributed by atoms with Gasteiger partial charge in [-0.2, -0.15) is 0 Å². The van der Waals surface area contributed by atoms with E-state index in [0.29, 0.717) is 40.8 Å². The number of fused-ring (bicyclic) bond motifs is 1. The summed E-state index contributed by atoms with van der Waals surface area (Å²) in [6.45, 7) is 3.02. The summed E-state index contributed by atoms with van der Waals surface area (Å²) in [6, 6.07) is 11.0. The highest BCUT2D eigenvalue weighted by Crippen LogP contribution is 2.34. The van der Waals surface area contributed by atoms with E-state index in [1.165, 1.54) is 28.3 Å². The van der Waals surface area contributed by atoms with Crippen LogP contribution in [0.15, 0.2) is 56.8 Å². The summed E-state index contributed by atoms with van der Waals surface area (Å²) in [5.74, 6) is -0.736. The van der Waals surface area contributed by atoms with Gasteiger partial charge in [-0.3, -0.25) is 23.5 Å². The number of nitrogens with zero attached hydrogens (tertiary/aromatic N) is 4. The molecule has 39 heavy (non-hydrogen) atoms. The Morgan fingerprint density at radius 3 is 2.44 bits per heavy atom. The second-order valence-electron chi connectivity index (χ2n) is 10.0.